The van der Waals surface area contributed by atoms with Crippen molar-refractivity contribution < 1.29 is 9.13 Å². The maximum Gasteiger partial charge on any atom is 0.123 e. The number of hydrogen-bond donors (Lipinski definition) is 0. The average Bonchev–Trinajstić information content (AvgIpc) is 2.43. The number of benzene rings is 1. The van der Waals surface area contributed by atoms with Crippen LogP contribution in [0.15, 0.2) is 24.3 Å². The van der Waals surface area contributed by atoms with Crippen molar-refractivity contribution in [3.05, 3.63) is 35.6 Å². The number of ether oxygens (including phenoxy) is 1. The number of rotatable bonds is 9. The van der Waals surface area contributed by atoms with E-state index in [4.69, 9.17) is 4.74 Å². The monoisotopic (exact) mass is 408 g/mol. The van der Waals surface area contributed by atoms with Crippen molar-refractivity contribution in [3.8, 4) is 0 Å². The minimum absolute atomic E-state index is 0.125. The fraction of sp³-hybridized carbons (Fsp3) is 0.625. The molecule has 0 saturated heterocycles. The van der Waals surface area contributed by atoms with Crippen LogP contribution >= 0.6 is 31.9 Å². The topological polar surface area (TPSA) is 9.23 Å². The number of hydrogen-bond acceptors (Lipinski definition) is 1. The Hall–Kier alpha value is 0.0700. The van der Waals surface area contributed by atoms with E-state index in [0.29, 0.717) is 12.5 Å². The van der Waals surface area contributed by atoms with Gasteiger partial charge < -0.3 is 4.74 Å². The Bertz CT molecular complexity index is 392. The molecule has 0 saturated carbocycles. The standard InChI is InChI=1S/C16H23Br2FO/c1-13(2)6-8-20-9-7-16(11-17,12-18)14-4-3-5-15(19)10-14/h3-5,10,13H,6-9,11-12H2,1-2H3. The molecule has 1 nitrogen and oxygen atoms in total. The first-order chi connectivity index (χ1) is 9.54. The van der Waals surface area contributed by atoms with E-state index in [9.17, 15) is 4.39 Å². The van der Waals surface area contributed by atoms with Gasteiger partial charge in [0.1, 0.15) is 5.82 Å². The summed E-state index contributed by atoms with van der Waals surface area (Å²) in [7, 11) is 0. The Morgan fingerprint density at radius 3 is 2.45 bits per heavy atom. The van der Waals surface area contributed by atoms with Crippen molar-refractivity contribution in [1.29, 1.82) is 0 Å². The molecule has 4 heteroatoms. The smallest absolute Gasteiger partial charge is 0.123 e. The molecule has 0 amide bonds. The predicted molar refractivity (Wildman–Crippen MR) is 90.6 cm³/mol. The van der Waals surface area contributed by atoms with Crippen molar-refractivity contribution in [2.45, 2.75) is 32.1 Å². The van der Waals surface area contributed by atoms with E-state index in [1.807, 2.05) is 6.07 Å². The summed E-state index contributed by atoms with van der Waals surface area (Å²) in [5, 5.41) is 1.56. The first-order valence-electron chi connectivity index (χ1n) is 7.00. The van der Waals surface area contributed by atoms with Crippen molar-refractivity contribution in [1.82, 2.24) is 0 Å². The Morgan fingerprint density at radius 2 is 1.90 bits per heavy atom. The average molecular weight is 410 g/mol. The third-order valence-corrected chi connectivity index (χ3v) is 5.66. The van der Waals surface area contributed by atoms with Crippen molar-refractivity contribution in [2.75, 3.05) is 23.9 Å². The van der Waals surface area contributed by atoms with Crippen LogP contribution in [0.2, 0.25) is 0 Å². The first-order valence-corrected chi connectivity index (χ1v) is 9.24. The number of halogens is 3. The minimum Gasteiger partial charge on any atom is -0.381 e. The second kappa shape index (κ2) is 9.16. The van der Waals surface area contributed by atoms with Crippen molar-refractivity contribution >= 4 is 31.9 Å². The molecule has 0 atom stereocenters. The van der Waals surface area contributed by atoms with E-state index in [-0.39, 0.29) is 11.2 Å². The van der Waals surface area contributed by atoms with Gasteiger partial charge in [-0.2, -0.15) is 0 Å². The lowest BCUT2D eigenvalue weighted by molar-refractivity contribution is 0.110. The molecule has 1 aromatic rings. The lowest BCUT2D eigenvalue weighted by atomic mass is 9.81. The zero-order chi connectivity index (χ0) is 15.0. The van der Waals surface area contributed by atoms with E-state index in [2.05, 4.69) is 45.7 Å². The Labute approximate surface area is 138 Å². The first kappa shape index (κ1) is 18.1. The Morgan fingerprint density at radius 1 is 1.20 bits per heavy atom. The van der Waals surface area contributed by atoms with Gasteiger partial charge in [0.2, 0.25) is 0 Å². The molecule has 0 spiro atoms. The van der Waals surface area contributed by atoms with Crippen LogP contribution in [0.3, 0.4) is 0 Å². The second-order valence-corrected chi connectivity index (χ2v) is 6.72. The van der Waals surface area contributed by atoms with Crippen molar-refractivity contribution in [3.63, 3.8) is 0 Å². The summed E-state index contributed by atoms with van der Waals surface area (Å²) in [6, 6.07) is 6.86. The number of alkyl halides is 2. The van der Waals surface area contributed by atoms with Crippen LogP contribution in [0.1, 0.15) is 32.3 Å². The van der Waals surface area contributed by atoms with E-state index in [1.54, 1.807) is 12.1 Å². The van der Waals surface area contributed by atoms with Gasteiger partial charge >= 0.3 is 0 Å². The molecule has 0 aliphatic rings. The third-order valence-electron chi connectivity index (χ3n) is 3.51. The lowest BCUT2D eigenvalue weighted by Crippen LogP contribution is -2.32. The molecule has 0 bridgehead atoms. The molecule has 0 aromatic heterocycles. The van der Waals surface area contributed by atoms with Crippen molar-refractivity contribution in [2.24, 2.45) is 5.92 Å². The minimum atomic E-state index is -0.186. The van der Waals surface area contributed by atoms with Gasteiger partial charge in [-0.1, -0.05) is 57.8 Å². The maximum atomic E-state index is 13.4. The fourth-order valence-electron chi connectivity index (χ4n) is 1.97. The molecule has 0 unspecified atom stereocenters. The molecule has 20 heavy (non-hydrogen) atoms. The van der Waals surface area contributed by atoms with E-state index < -0.39 is 0 Å². The van der Waals surface area contributed by atoms with Gasteiger partial charge in [0, 0.05) is 29.3 Å². The van der Waals surface area contributed by atoms with Gasteiger partial charge in [0.15, 0.2) is 0 Å². The van der Waals surface area contributed by atoms with Crippen LogP contribution in [-0.4, -0.2) is 23.9 Å². The molecule has 0 N–H and O–H groups in total. The van der Waals surface area contributed by atoms with Gasteiger partial charge in [-0.15, -0.1) is 0 Å². The highest BCUT2D eigenvalue weighted by Crippen LogP contribution is 2.33. The zero-order valence-electron chi connectivity index (χ0n) is 12.2. The quantitative estimate of drug-likeness (QED) is 0.396. The third kappa shape index (κ3) is 5.45. The van der Waals surface area contributed by atoms with Gasteiger partial charge in [-0.25, -0.2) is 4.39 Å². The van der Waals surface area contributed by atoms with Gasteiger partial charge in [0.05, 0.1) is 0 Å². The van der Waals surface area contributed by atoms with Crippen LogP contribution < -0.4 is 0 Å². The maximum absolute atomic E-state index is 13.4. The highest BCUT2D eigenvalue weighted by Gasteiger charge is 2.30. The summed E-state index contributed by atoms with van der Waals surface area (Å²) >= 11 is 7.16. The van der Waals surface area contributed by atoms with Gasteiger partial charge in [-0.3, -0.25) is 0 Å². The summed E-state index contributed by atoms with van der Waals surface area (Å²) in [6.45, 7) is 5.87. The highest BCUT2D eigenvalue weighted by atomic mass is 79.9. The van der Waals surface area contributed by atoms with Crippen LogP contribution in [0, 0.1) is 11.7 Å². The molecule has 0 radical (unpaired) electrons. The molecule has 0 heterocycles. The molecular formula is C16H23Br2FO. The molecule has 0 fully saturated rings. The molecule has 0 aliphatic heterocycles. The summed E-state index contributed by atoms with van der Waals surface area (Å²) in [5.41, 5.74) is 0.888. The van der Waals surface area contributed by atoms with Crippen LogP contribution in [0.5, 0.6) is 0 Å². The van der Waals surface area contributed by atoms with Gasteiger partial charge in [-0.05, 0) is 36.5 Å². The lowest BCUT2D eigenvalue weighted by Gasteiger charge is -2.30. The van der Waals surface area contributed by atoms with E-state index in [1.165, 1.54) is 6.07 Å². The summed E-state index contributed by atoms with van der Waals surface area (Å²) < 4.78 is 19.2. The Kier molecular flexibility index (Phi) is 8.30. The summed E-state index contributed by atoms with van der Waals surface area (Å²) in [4.78, 5) is 0. The normalized spacial score (nSPS) is 12.1. The van der Waals surface area contributed by atoms with E-state index in [0.717, 1.165) is 35.7 Å². The summed E-state index contributed by atoms with van der Waals surface area (Å²) in [6.07, 6.45) is 1.95. The largest absolute Gasteiger partial charge is 0.381 e. The SMILES string of the molecule is CC(C)CCOCCC(CBr)(CBr)c1cccc(F)c1. The van der Waals surface area contributed by atoms with Crippen LogP contribution in [0.4, 0.5) is 4.39 Å². The highest BCUT2D eigenvalue weighted by molar-refractivity contribution is 9.09. The fourth-order valence-corrected chi connectivity index (χ4v) is 4.11. The molecule has 0 aliphatic carbocycles. The zero-order valence-corrected chi connectivity index (χ0v) is 15.3. The Balaban J connectivity index is 2.63. The molecule has 1 aromatic carbocycles. The van der Waals surface area contributed by atoms with Gasteiger partial charge in [0.25, 0.3) is 0 Å². The second-order valence-electron chi connectivity index (χ2n) is 5.60. The predicted octanol–water partition coefficient (Wildman–Crippen LogP) is 5.31. The summed E-state index contributed by atoms with van der Waals surface area (Å²) in [5.74, 6) is 0.477. The van der Waals surface area contributed by atoms with Crippen LogP contribution in [0.25, 0.3) is 0 Å². The molecular weight excluding hydrogens is 387 g/mol. The van der Waals surface area contributed by atoms with E-state index >= 15 is 0 Å². The molecule has 114 valence electrons. The van der Waals surface area contributed by atoms with Crippen LogP contribution in [-0.2, 0) is 10.2 Å². The molecule has 1 rings (SSSR count).